The second kappa shape index (κ2) is 4.61. The predicted molar refractivity (Wildman–Crippen MR) is 67.5 cm³/mol. The smallest absolute Gasteiger partial charge is 0.0205 e. The number of hydrogen-bond donors (Lipinski definition) is 0. The van der Waals surface area contributed by atoms with Crippen LogP contribution in [-0.4, -0.2) is 0 Å². The van der Waals surface area contributed by atoms with E-state index in [2.05, 4.69) is 54.8 Å². The van der Waals surface area contributed by atoms with E-state index in [1.165, 1.54) is 14.7 Å². The summed E-state index contributed by atoms with van der Waals surface area (Å²) in [4.78, 5) is 0. The Kier molecular flexibility index (Phi) is 3.72. The van der Waals surface area contributed by atoms with E-state index in [4.69, 9.17) is 0 Å². The molecular weight excluding hydrogens is 271 g/mol. The van der Waals surface area contributed by atoms with Crippen LogP contribution in [0, 0.1) is 10.5 Å². The third kappa shape index (κ3) is 2.21. The first-order valence-corrected chi connectivity index (χ1v) is 5.15. The topological polar surface area (TPSA) is 0 Å². The van der Waals surface area contributed by atoms with E-state index in [9.17, 15) is 0 Å². The Labute approximate surface area is 93.5 Å². The van der Waals surface area contributed by atoms with Crippen molar-refractivity contribution in [2.24, 2.45) is 0 Å². The van der Waals surface area contributed by atoms with Gasteiger partial charge in [0.2, 0.25) is 0 Å². The lowest BCUT2D eigenvalue weighted by Gasteiger charge is -2.11. The highest BCUT2D eigenvalue weighted by molar-refractivity contribution is 14.1. The molecule has 0 aliphatic rings. The van der Waals surface area contributed by atoms with E-state index < -0.39 is 0 Å². The first-order valence-electron chi connectivity index (χ1n) is 4.07. The van der Waals surface area contributed by atoms with Crippen molar-refractivity contribution >= 4 is 28.7 Å². The van der Waals surface area contributed by atoms with Crippen LogP contribution in [0.15, 0.2) is 37.4 Å². The van der Waals surface area contributed by atoms with Gasteiger partial charge in [-0.2, -0.15) is 0 Å². The van der Waals surface area contributed by atoms with Gasteiger partial charge in [-0.15, -0.1) is 6.58 Å². The quantitative estimate of drug-likeness (QED) is 0.580. The Balaban J connectivity index is 3.27. The molecule has 1 atom stereocenters. The minimum Gasteiger partial charge on any atom is -0.102 e. The summed E-state index contributed by atoms with van der Waals surface area (Å²) in [6.45, 7) is 11.6. The summed E-state index contributed by atoms with van der Waals surface area (Å²) in [5, 5.41) is 0. The number of rotatable bonds is 3. The first-order chi connectivity index (χ1) is 6.20. The maximum absolute atomic E-state index is 4.01. The lowest BCUT2D eigenvalue weighted by molar-refractivity contribution is 1.08. The van der Waals surface area contributed by atoms with Crippen LogP contribution in [0.4, 0.5) is 0 Å². The molecule has 0 heterocycles. The number of allylic oxidation sites excluding steroid dienone is 1. The van der Waals surface area contributed by atoms with Crippen LogP contribution in [-0.2, 0) is 0 Å². The van der Waals surface area contributed by atoms with Gasteiger partial charge in [-0.05, 0) is 46.7 Å². The first kappa shape index (κ1) is 10.5. The van der Waals surface area contributed by atoms with Crippen LogP contribution in [0.3, 0.4) is 0 Å². The Bertz CT molecular complexity index is 326. The van der Waals surface area contributed by atoms with Crippen molar-refractivity contribution in [1.82, 2.24) is 0 Å². The van der Waals surface area contributed by atoms with Crippen molar-refractivity contribution in [1.29, 1.82) is 0 Å². The van der Waals surface area contributed by atoms with Crippen molar-refractivity contribution in [3.63, 3.8) is 0 Å². The highest BCUT2D eigenvalue weighted by atomic mass is 127. The molecule has 1 heteroatoms. The van der Waals surface area contributed by atoms with Crippen molar-refractivity contribution in [2.45, 2.75) is 5.92 Å². The van der Waals surface area contributed by atoms with Crippen LogP contribution in [0.2, 0.25) is 0 Å². The standard InChI is InChI=1S/C12H12I/c1-4-9(3)11-7-6-8-12(13)10(11)5-2/h4-9H,1-3H2. The molecule has 0 bridgehead atoms. The highest BCUT2D eigenvalue weighted by Gasteiger charge is 2.07. The summed E-state index contributed by atoms with van der Waals surface area (Å²) in [6.07, 6.45) is 3.72. The molecule has 0 spiro atoms. The van der Waals surface area contributed by atoms with E-state index in [0.29, 0.717) is 0 Å². The zero-order valence-corrected chi connectivity index (χ0v) is 9.62. The normalized spacial score (nSPS) is 12.2. The van der Waals surface area contributed by atoms with Crippen molar-refractivity contribution in [2.75, 3.05) is 0 Å². The molecule has 13 heavy (non-hydrogen) atoms. The Morgan fingerprint density at radius 3 is 2.54 bits per heavy atom. The Hall–Kier alpha value is -0.570. The lowest BCUT2D eigenvalue weighted by Crippen LogP contribution is -1.94. The van der Waals surface area contributed by atoms with Crippen molar-refractivity contribution in [3.05, 3.63) is 59.1 Å². The molecule has 0 aliphatic heterocycles. The van der Waals surface area contributed by atoms with Gasteiger partial charge in [0, 0.05) is 9.49 Å². The van der Waals surface area contributed by atoms with Gasteiger partial charge in [0.15, 0.2) is 0 Å². The molecule has 1 radical (unpaired) electrons. The summed E-state index contributed by atoms with van der Waals surface area (Å²) in [5.41, 5.74) is 2.36. The molecule has 0 amide bonds. The fraction of sp³-hybridized carbons (Fsp3) is 0.0833. The van der Waals surface area contributed by atoms with Gasteiger partial charge in [0.25, 0.3) is 0 Å². The van der Waals surface area contributed by atoms with Crippen LogP contribution in [0.5, 0.6) is 0 Å². The van der Waals surface area contributed by atoms with E-state index in [-0.39, 0.29) is 5.92 Å². The van der Waals surface area contributed by atoms with Crippen molar-refractivity contribution in [3.8, 4) is 0 Å². The number of halogens is 1. The molecule has 0 saturated heterocycles. The predicted octanol–water partition coefficient (Wildman–Crippen LogP) is 4.04. The van der Waals surface area contributed by atoms with E-state index in [0.717, 1.165) is 0 Å². The largest absolute Gasteiger partial charge is 0.102 e. The minimum atomic E-state index is 0.141. The van der Waals surface area contributed by atoms with E-state index in [1.807, 2.05) is 18.2 Å². The van der Waals surface area contributed by atoms with Crippen LogP contribution in [0.1, 0.15) is 17.0 Å². The van der Waals surface area contributed by atoms with Crippen LogP contribution < -0.4 is 0 Å². The van der Waals surface area contributed by atoms with Crippen LogP contribution >= 0.6 is 22.6 Å². The summed E-state index contributed by atoms with van der Waals surface area (Å²) in [7, 11) is 0. The summed E-state index contributed by atoms with van der Waals surface area (Å²) >= 11 is 2.30. The highest BCUT2D eigenvalue weighted by Crippen LogP contribution is 2.25. The number of benzene rings is 1. The Morgan fingerprint density at radius 2 is 2.00 bits per heavy atom. The van der Waals surface area contributed by atoms with Crippen molar-refractivity contribution < 1.29 is 0 Å². The monoisotopic (exact) mass is 283 g/mol. The van der Waals surface area contributed by atoms with E-state index in [1.54, 1.807) is 0 Å². The third-order valence-corrected chi connectivity index (χ3v) is 2.92. The molecule has 1 unspecified atom stereocenters. The summed E-state index contributed by atoms with van der Waals surface area (Å²) < 4.78 is 1.21. The average molecular weight is 283 g/mol. The average Bonchev–Trinajstić information content (AvgIpc) is 2.16. The van der Waals surface area contributed by atoms with Gasteiger partial charge in [0.1, 0.15) is 0 Å². The Morgan fingerprint density at radius 1 is 1.31 bits per heavy atom. The second-order valence-corrected chi connectivity index (χ2v) is 3.95. The van der Waals surface area contributed by atoms with Gasteiger partial charge in [-0.1, -0.05) is 30.9 Å². The molecule has 67 valence electrons. The fourth-order valence-corrected chi connectivity index (χ4v) is 1.96. The summed E-state index contributed by atoms with van der Waals surface area (Å²) in [6, 6.07) is 6.17. The van der Waals surface area contributed by atoms with E-state index >= 15 is 0 Å². The molecule has 0 nitrogen and oxygen atoms in total. The van der Waals surface area contributed by atoms with Crippen LogP contribution in [0.25, 0.3) is 6.08 Å². The maximum Gasteiger partial charge on any atom is 0.0205 e. The minimum absolute atomic E-state index is 0.141. The second-order valence-electron chi connectivity index (χ2n) is 2.79. The lowest BCUT2D eigenvalue weighted by atomic mass is 9.96. The van der Waals surface area contributed by atoms with Gasteiger partial charge in [-0.25, -0.2) is 0 Å². The molecule has 0 aliphatic carbocycles. The zero-order chi connectivity index (χ0) is 9.84. The molecule has 1 aromatic rings. The molecule has 0 saturated carbocycles. The molecule has 1 rings (SSSR count). The summed E-state index contributed by atoms with van der Waals surface area (Å²) in [5.74, 6) is 0.141. The molecular formula is C12H12I. The molecule has 0 N–H and O–H groups in total. The molecule has 0 aromatic heterocycles. The third-order valence-electron chi connectivity index (χ3n) is 1.97. The van der Waals surface area contributed by atoms with Gasteiger partial charge in [0.05, 0.1) is 0 Å². The zero-order valence-electron chi connectivity index (χ0n) is 7.46. The van der Waals surface area contributed by atoms with Gasteiger partial charge < -0.3 is 0 Å². The van der Waals surface area contributed by atoms with Gasteiger partial charge in [-0.3, -0.25) is 0 Å². The maximum atomic E-state index is 4.01. The SMILES string of the molecule is [CH2]C(C=C)c1cccc(I)c1C=C. The number of hydrogen-bond acceptors (Lipinski definition) is 0. The fourth-order valence-electron chi connectivity index (χ4n) is 1.22. The molecule has 1 aromatic carbocycles. The molecule has 0 fully saturated rings. The van der Waals surface area contributed by atoms with Gasteiger partial charge >= 0.3 is 0 Å².